The van der Waals surface area contributed by atoms with E-state index in [0.717, 1.165) is 4.68 Å². The van der Waals surface area contributed by atoms with Crippen molar-refractivity contribution in [3.63, 3.8) is 0 Å². The Morgan fingerprint density at radius 2 is 1.74 bits per heavy atom. The summed E-state index contributed by atoms with van der Waals surface area (Å²) in [6.45, 7) is -0.306. The van der Waals surface area contributed by atoms with E-state index >= 15 is 0 Å². The molecule has 0 unspecified atom stereocenters. The summed E-state index contributed by atoms with van der Waals surface area (Å²) in [5.74, 6) is -0.0332. The molecule has 0 atom stereocenters. The van der Waals surface area contributed by atoms with Crippen LogP contribution in [0, 0.1) is 0 Å². The van der Waals surface area contributed by atoms with E-state index < -0.39 is 17.4 Å². The number of halogens is 1. The zero-order valence-corrected chi connectivity index (χ0v) is 19.6. The lowest BCUT2D eigenvalue weighted by Crippen LogP contribution is -2.35. The van der Waals surface area contributed by atoms with Crippen LogP contribution in [0.25, 0.3) is 16.5 Å². The smallest absolute Gasteiger partial charge is 0.279 e. The highest BCUT2D eigenvalue weighted by atomic mass is 35.5. The van der Waals surface area contributed by atoms with Gasteiger partial charge < -0.3 is 20.1 Å². The van der Waals surface area contributed by atoms with Crippen molar-refractivity contribution in [3.05, 3.63) is 87.8 Å². The summed E-state index contributed by atoms with van der Waals surface area (Å²) in [5, 5.41) is 10.5. The number of hydrogen-bond acceptors (Lipinski definition) is 6. The molecule has 0 aliphatic heterocycles. The lowest BCUT2D eigenvalue weighted by atomic mass is 10.1. The van der Waals surface area contributed by atoms with Crippen molar-refractivity contribution in [1.82, 2.24) is 15.1 Å². The Hall–Kier alpha value is -4.37. The molecule has 1 heterocycles. The Bertz CT molecular complexity index is 1480. The van der Waals surface area contributed by atoms with Gasteiger partial charge in [-0.05, 0) is 36.4 Å². The maximum absolute atomic E-state index is 13.1. The normalized spacial score (nSPS) is 10.6. The molecule has 2 N–H and O–H groups in total. The Labute approximate surface area is 205 Å². The van der Waals surface area contributed by atoms with Crippen LogP contribution in [0.4, 0.5) is 5.69 Å². The number of carbonyl (C=O) groups is 2. The van der Waals surface area contributed by atoms with Crippen molar-refractivity contribution < 1.29 is 19.1 Å². The van der Waals surface area contributed by atoms with Crippen LogP contribution in [0.2, 0.25) is 5.02 Å². The lowest BCUT2D eigenvalue weighted by molar-refractivity contribution is -0.115. The van der Waals surface area contributed by atoms with Gasteiger partial charge in [0.05, 0.1) is 36.9 Å². The number of benzene rings is 3. The lowest BCUT2D eigenvalue weighted by Gasteiger charge is -2.12. The van der Waals surface area contributed by atoms with Gasteiger partial charge in [0.1, 0.15) is 11.5 Å². The fourth-order valence-corrected chi connectivity index (χ4v) is 3.72. The van der Waals surface area contributed by atoms with Gasteiger partial charge in [0.15, 0.2) is 5.69 Å². The van der Waals surface area contributed by atoms with Gasteiger partial charge in [-0.2, -0.15) is 9.78 Å². The Balaban J connectivity index is 1.62. The van der Waals surface area contributed by atoms with Gasteiger partial charge in [-0.1, -0.05) is 35.9 Å². The number of methoxy groups -OCH3 is 2. The summed E-state index contributed by atoms with van der Waals surface area (Å²) >= 11 is 6.22. The number of aromatic nitrogens is 2. The Kier molecular flexibility index (Phi) is 6.98. The molecule has 0 radical (unpaired) electrons. The molecular weight excluding hydrogens is 472 g/mol. The molecule has 0 fully saturated rings. The van der Waals surface area contributed by atoms with E-state index in [1.807, 2.05) is 0 Å². The number of anilines is 1. The van der Waals surface area contributed by atoms with Gasteiger partial charge in [-0.15, -0.1) is 0 Å². The monoisotopic (exact) mass is 492 g/mol. The predicted octanol–water partition coefficient (Wildman–Crippen LogP) is 3.42. The van der Waals surface area contributed by atoms with Gasteiger partial charge in [0, 0.05) is 17.1 Å². The average Bonchev–Trinajstić information content (AvgIpc) is 2.87. The second-order valence-corrected chi connectivity index (χ2v) is 7.80. The third-order valence-corrected chi connectivity index (χ3v) is 5.46. The number of nitrogens with zero attached hydrogens (tertiary/aromatic N) is 2. The van der Waals surface area contributed by atoms with E-state index in [2.05, 4.69) is 15.7 Å². The van der Waals surface area contributed by atoms with Gasteiger partial charge in [-0.25, -0.2) is 0 Å². The SMILES string of the molecule is COc1cccc(NC(=O)CNC(=O)c2nn(-c3ccc(OC)c(Cl)c3)c(=O)c3ccccc23)c1. The first-order chi connectivity index (χ1) is 16.9. The van der Waals surface area contributed by atoms with Crippen LogP contribution < -0.4 is 25.7 Å². The minimum Gasteiger partial charge on any atom is -0.497 e. The van der Waals surface area contributed by atoms with Crippen molar-refractivity contribution >= 4 is 39.9 Å². The summed E-state index contributed by atoms with van der Waals surface area (Å²) in [5.41, 5.74) is 0.448. The third-order valence-electron chi connectivity index (χ3n) is 5.16. The molecule has 2 amide bonds. The molecule has 3 aromatic carbocycles. The highest BCUT2D eigenvalue weighted by Gasteiger charge is 2.19. The highest BCUT2D eigenvalue weighted by Crippen LogP contribution is 2.26. The van der Waals surface area contributed by atoms with Gasteiger partial charge in [0.25, 0.3) is 11.5 Å². The van der Waals surface area contributed by atoms with E-state index in [1.165, 1.54) is 20.3 Å². The van der Waals surface area contributed by atoms with Crippen LogP contribution in [-0.2, 0) is 4.79 Å². The molecule has 0 spiro atoms. The topological polar surface area (TPSA) is 112 Å². The molecule has 178 valence electrons. The number of nitrogens with one attached hydrogen (secondary N) is 2. The minimum atomic E-state index is -0.615. The predicted molar refractivity (Wildman–Crippen MR) is 133 cm³/mol. The molecule has 1 aromatic heterocycles. The number of carbonyl (C=O) groups excluding carboxylic acids is 2. The first-order valence-corrected chi connectivity index (χ1v) is 10.9. The molecule has 9 nitrogen and oxygen atoms in total. The highest BCUT2D eigenvalue weighted by molar-refractivity contribution is 6.32. The first-order valence-electron chi connectivity index (χ1n) is 10.5. The van der Waals surface area contributed by atoms with Crippen molar-refractivity contribution in [1.29, 1.82) is 0 Å². The standard InChI is InChI=1S/C25H21ClN4O5/c1-34-17-7-5-6-15(12-17)28-22(31)14-27-24(32)23-18-8-3-4-9-19(18)25(33)30(29-23)16-10-11-21(35-2)20(26)13-16/h3-13H,14H2,1-2H3,(H,27,32)(H,28,31). The molecule has 4 aromatic rings. The molecule has 0 aliphatic carbocycles. The van der Waals surface area contributed by atoms with Crippen molar-refractivity contribution in [3.8, 4) is 17.2 Å². The fraction of sp³-hybridized carbons (Fsp3) is 0.120. The van der Waals surface area contributed by atoms with Gasteiger partial charge in [-0.3, -0.25) is 14.4 Å². The summed E-state index contributed by atoms with van der Waals surface area (Å²) in [7, 11) is 3.01. The third kappa shape index (κ3) is 5.10. The Morgan fingerprint density at radius 1 is 0.971 bits per heavy atom. The fourth-order valence-electron chi connectivity index (χ4n) is 3.47. The molecule has 10 heteroatoms. The quantitative estimate of drug-likeness (QED) is 0.409. The zero-order valence-electron chi connectivity index (χ0n) is 18.9. The van der Waals surface area contributed by atoms with E-state index in [1.54, 1.807) is 60.7 Å². The van der Waals surface area contributed by atoms with E-state index in [0.29, 0.717) is 33.6 Å². The number of amides is 2. The Morgan fingerprint density at radius 3 is 2.46 bits per heavy atom. The van der Waals surface area contributed by atoms with Crippen LogP contribution in [0.1, 0.15) is 10.5 Å². The summed E-state index contributed by atoms with van der Waals surface area (Å²) < 4.78 is 11.4. The molecule has 0 bridgehead atoms. The first kappa shape index (κ1) is 23.8. The second kappa shape index (κ2) is 10.3. The molecule has 0 aliphatic rings. The minimum absolute atomic E-state index is 0.0127. The van der Waals surface area contributed by atoms with Gasteiger partial charge >= 0.3 is 0 Å². The maximum Gasteiger partial charge on any atom is 0.279 e. The molecule has 0 saturated heterocycles. The largest absolute Gasteiger partial charge is 0.497 e. The van der Waals surface area contributed by atoms with E-state index in [-0.39, 0.29) is 17.3 Å². The maximum atomic E-state index is 13.1. The number of hydrogen-bond donors (Lipinski definition) is 2. The molecule has 0 saturated carbocycles. The van der Waals surface area contributed by atoms with E-state index in [4.69, 9.17) is 21.1 Å². The molecule has 4 rings (SSSR count). The number of ether oxygens (including phenoxy) is 2. The van der Waals surface area contributed by atoms with Crippen molar-refractivity contribution in [2.75, 3.05) is 26.1 Å². The van der Waals surface area contributed by atoms with Crippen LogP contribution in [0.5, 0.6) is 11.5 Å². The number of fused-ring (bicyclic) bond motifs is 1. The summed E-state index contributed by atoms with van der Waals surface area (Å²) in [6.07, 6.45) is 0. The van der Waals surface area contributed by atoms with Crippen molar-refractivity contribution in [2.24, 2.45) is 0 Å². The van der Waals surface area contributed by atoms with Crippen LogP contribution in [0.15, 0.2) is 71.5 Å². The average molecular weight is 493 g/mol. The number of rotatable bonds is 7. The second-order valence-electron chi connectivity index (χ2n) is 7.39. The van der Waals surface area contributed by atoms with Crippen LogP contribution in [0.3, 0.4) is 0 Å². The summed E-state index contributed by atoms with van der Waals surface area (Å²) in [6, 6.07) is 18.2. The van der Waals surface area contributed by atoms with Crippen molar-refractivity contribution in [2.45, 2.75) is 0 Å². The zero-order chi connectivity index (χ0) is 24.9. The van der Waals surface area contributed by atoms with Crippen LogP contribution >= 0.6 is 11.6 Å². The molecular formula is C25H21ClN4O5. The van der Waals surface area contributed by atoms with Crippen LogP contribution in [-0.4, -0.2) is 42.4 Å². The van der Waals surface area contributed by atoms with Gasteiger partial charge in [0.2, 0.25) is 5.91 Å². The van der Waals surface area contributed by atoms with E-state index in [9.17, 15) is 14.4 Å². The summed E-state index contributed by atoms with van der Waals surface area (Å²) in [4.78, 5) is 38.5. The molecule has 35 heavy (non-hydrogen) atoms.